The number of carbonyl (C=O) groups is 6. The van der Waals surface area contributed by atoms with E-state index in [1.54, 1.807) is 12.1 Å². The Morgan fingerprint density at radius 2 is 0.939 bits per heavy atom. The summed E-state index contributed by atoms with van der Waals surface area (Å²) in [5, 5.41) is 5.60. The number of benzene rings is 2. The van der Waals surface area contributed by atoms with Gasteiger partial charge in [0.25, 0.3) is 0 Å². The standard InChI is InChI=1S/C46H54F2N4O12S2/c1-33(53)49(61-31-35-11-5-7-15-39(35)47)45(43(57)59-3)19-25-51(26-20-45,23-17-37-13-9-29-65-37)63-41(55)42(56)64-52(24-18-38-14-10-30-66-38)27-21-46(22-28-52,44(58)60-4)50(34(2)54)62-32-36-12-6-8-16-40(36)48/h5-16,29-30H,17-28,31-32H2,1-4H3/q+2. The number of nitrogens with zero attached hydrogens (tertiary/aromatic N) is 4. The number of halogens is 2. The van der Waals surface area contributed by atoms with Gasteiger partial charge in [-0.15, -0.1) is 32.0 Å². The van der Waals surface area contributed by atoms with Crippen molar-refractivity contribution in [3.8, 4) is 0 Å². The van der Waals surface area contributed by atoms with Gasteiger partial charge in [0, 0.05) is 73.3 Å². The molecule has 2 amide bonds. The van der Waals surface area contributed by atoms with Crippen molar-refractivity contribution in [2.45, 2.75) is 76.7 Å². The first-order valence-electron chi connectivity index (χ1n) is 21.4. The summed E-state index contributed by atoms with van der Waals surface area (Å²) in [4.78, 5) is 108. The average molecular weight is 957 g/mol. The van der Waals surface area contributed by atoms with Gasteiger partial charge in [-0.25, -0.2) is 38.1 Å². The molecule has 0 saturated carbocycles. The smallest absolute Gasteiger partial charge is 0.467 e. The Hall–Kier alpha value is -5.64. The molecule has 2 aliphatic rings. The van der Waals surface area contributed by atoms with Crippen molar-refractivity contribution < 1.29 is 75.7 Å². The maximum atomic E-state index is 14.6. The Bertz CT molecular complexity index is 2170. The third-order valence-corrected chi connectivity index (χ3v) is 14.1. The fourth-order valence-corrected chi connectivity index (χ4v) is 10.0. The minimum Gasteiger partial charge on any atom is -0.467 e. The Kier molecular flexibility index (Phi) is 16.4. The normalized spacial score (nSPS) is 22.7. The van der Waals surface area contributed by atoms with Gasteiger partial charge in [-0.1, -0.05) is 48.5 Å². The van der Waals surface area contributed by atoms with Gasteiger partial charge in [0.15, 0.2) is 11.1 Å². The number of esters is 2. The number of methoxy groups -OCH3 is 2. The summed E-state index contributed by atoms with van der Waals surface area (Å²) in [6.45, 7) is 1.76. The van der Waals surface area contributed by atoms with Crippen molar-refractivity contribution in [3.05, 3.63) is 116 Å². The van der Waals surface area contributed by atoms with E-state index in [9.17, 15) is 37.5 Å². The van der Waals surface area contributed by atoms with Crippen LogP contribution in [0.3, 0.4) is 0 Å². The summed E-state index contributed by atoms with van der Waals surface area (Å²) in [7, 11) is 2.35. The number of amides is 2. The van der Waals surface area contributed by atoms with Gasteiger partial charge in [-0.05, 0) is 35.0 Å². The van der Waals surface area contributed by atoms with Gasteiger partial charge in [0.2, 0.25) is 11.8 Å². The highest BCUT2D eigenvalue weighted by molar-refractivity contribution is 7.10. The number of carbonyl (C=O) groups excluding carboxylic acids is 6. The fourth-order valence-electron chi connectivity index (χ4n) is 8.60. The SMILES string of the molecule is COC(=O)C1(N(OCc2ccccc2F)C(C)=O)CC[N+](CCc2cccs2)(OC(=O)C(=O)O[N+]2(CCc3cccs3)CCC(C(=O)OC)(N(OCc3ccccc3F)C(C)=O)CC2)CC1. The van der Waals surface area contributed by atoms with E-state index in [-0.39, 0.29) is 89.3 Å². The van der Waals surface area contributed by atoms with Crippen LogP contribution in [0.1, 0.15) is 60.4 Å². The molecule has 66 heavy (non-hydrogen) atoms. The van der Waals surface area contributed by atoms with E-state index in [2.05, 4.69) is 0 Å². The maximum Gasteiger partial charge on any atom is 0.480 e. The molecule has 0 atom stereocenters. The maximum absolute atomic E-state index is 14.6. The molecular formula is C46H54F2N4O12S2+2. The molecule has 2 fully saturated rings. The van der Waals surface area contributed by atoms with Crippen LogP contribution in [0.15, 0.2) is 83.6 Å². The van der Waals surface area contributed by atoms with Crippen LogP contribution in [-0.4, -0.2) is 120 Å². The van der Waals surface area contributed by atoms with Crippen molar-refractivity contribution >= 4 is 58.4 Å². The number of thiophene rings is 2. The van der Waals surface area contributed by atoms with E-state index in [0.29, 0.717) is 12.8 Å². The van der Waals surface area contributed by atoms with Crippen LogP contribution >= 0.6 is 22.7 Å². The molecule has 0 spiro atoms. The first-order chi connectivity index (χ1) is 31.6. The number of rotatable bonds is 18. The molecule has 0 N–H and O–H groups in total. The summed E-state index contributed by atoms with van der Waals surface area (Å²) in [5.74, 6) is -6.64. The third kappa shape index (κ3) is 11.3. The zero-order valence-corrected chi connectivity index (χ0v) is 38.9. The van der Waals surface area contributed by atoms with Gasteiger partial charge in [0.1, 0.15) is 64.1 Å². The summed E-state index contributed by atoms with van der Waals surface area (Å²) >= 11 is 2.98. The van der Waals surface area contributed by atoms with Gasteiger partial charge in [0.05, 0.1) is 14.2 Å². The van der Waals surface area contributed by atoms with Crippen LogP contribution in [0, 0.1) is 11.6 Å². The molecule has 6 rings (SSSR count). The highest BCUT2D eigenvalue weighted by Crippen LogP contribution is 2.38. The van der Waals surface area contributed by atoms with Gasteiger partial charge < -0.3 is 9.47 Å². The molecule has 4 aromatic rings. The van der Waals surface area contributed by atoms with E-state index in [1.165, 1.54) is 87.1 Å². The topological polar surface area (TPSA) is 164 Å². The third-order valence-electron chi connectivity index (χ3n) is 12.2. The second-order valence-corrected chi connectivity index (χ2v) is 18.3. The lowest BCUT2D eigenvalue weighted by Gasteiger charge is -2.47. The predicted molar refractivity (Wildman–Crippen MR) is 233 cm³/mol. The highest BCUT2D eigenvalue weighted by atomic mass is 32.1. The highest BCUT2D eigenvalue weighted by Gasteiger charge is 2.59. The van der Waals surface area contributed by atoms with E-state index >= 15 is 0 Å². The van der Waals surface area contributed by atoms with Crippen LogP contribution in [-0.2, 0) is 83.6 Å². The Labute approximate surface area is 389 Å². The molecule has 354 valence electrons. The number of hydroxylamine groups is 10. The van der Waals surface area contributed by atoms with E-state index in [1.807, 2.05) is 35.0 Å². The second kappa shape index (κ2) is 21.8. The van der Waals surface area contributed by atoms with Crippen LogP contribution in [0.4, 0.5) is 8.78 Å². The lowest BCUT2D eigenvalue weighted by Crippen LogP contribution is -2.68. The molecule has 2 aromatic carbocycles. The minimum atomic E-state index is -1.70. The molecule has 2 aromatic heterocycles. The largest absolute Gasteiger partial charge is 0.480 e. The van der Waals surface area contributed by atoms with Crippen molar-refractivity contribution in [3.63, 3.8) is 0 Å². The van der Waals surface area contributed by atoms with Crippen LogP contribution in [0.25, 0.3) is 0 Å². The van der Waals surface area contributed by atoms with Crippen LogP contribution in [0.5, 0.6) is 0 Å². The zero-order chi connectivity index (χ0) is 47.5. The van der Waals surface area contributed by atoms with Crippen LogP contribution < -0.4 is 0 Å². The fraction of sp³-hybridized carbons (Fsp3) is 0.435. The summed E-state index contributed by atoms with van der Waals surface area (Å²) in [6, 6.07) is 19.3. The first-order valence-corrected chi connectivity index (χ1v) is 23.1. The average Bonchev–Trinajstić information content (AvgIpc) is 4.05. The molecule has 2 saturated heterocycles. The quantitative estimate of drug-likeness (QED) is 0.0511. The molecule has 0 radical (unpaired) electrons. The molecule has 0 bridgehead atoms. The monoisotopic (exact) mass is 956 g/mol. The van der Waals surface area contributed by atoms with Crippen molar-refractivity contribution in [2.24, 2.45) is 0 Å². The van der Waals surface area contributed by atoms with Gasteiger partial charge in [-0.3, -0.25) is 28.9 Å². The molecule has 2 aliphatic heterocycles. The summed E-state index contributed by atoms with van der Waals surface area (Å²) in [6.07, 6.45) is 0.314. The first kappa shape index (κ1) is 49.8. The van der Waals surface area contributed by atoms with Crippen molar-refractivity contribution in [1.29, 1.82) is 0 Å². The summed E-state index contributed by atoms with van der Waals surface area (Å²) in [5.41, 5.74) is -3.10. The van der Waals surface area contributed by atoms with E-state index in [0.717, 1.165) is 19.9 Å². The molecule has 20 heteroatoms. The lowest BCUT2D eigenvalue weighted by molar-refractivity contribution is -1.10. The second-order valence-electron chi connectivity index (χ2n) is 16.3. The predicted octanol–water partition coefficient (Wildman–Crippen LogP) is 5.79. The Morgan fingerprint density at radius 3 is 1.24 bits per heavy atom. The number of piperidine rings is 2. The molecule has 0 unspecified atom stereocenters. The molecule has 4 heterocycles. The zero-order valence-electron chi connectivity index (χ0n) is 37.2. The number of quaternary nitrogens is 2. The summed E-state index contributed by atoms with van der Waals surface area (Å²) < 4.78 is 38.7. The molecular weight excluding hydrogens is 903 g/mol. The van der Waals surface area contributed by atoms with Crippen molar-refractivity contribution in [2.75, 3.05) is 53.5 Å². The lowest BCUT2D eigenvalue weighted by atomic mass is 9.86. The van der Waals surface area contributed by atoms with Gasteiger partial charge in [-0.2, -0.15) is 0 Å². The van der Waals surface area contributed by atoms with Crippen molar-refractivity contribution in [1.82, 2.24) is 10.1 Å². The van der Waals surface area contributed by atoms with E-state index < -0.39 is 67.7 Å². The molecule has 16 nitrogen and oxygen atoms in total. The van der Waals surface area contributed by atoms with Crippen LogP contribution in [0.2, 0.25) is 0 Å². The Balaban J connectivity index is 1.24. The number of hydrogen-bond donors (Lipinski definition) is 0. The number of ether oxygens (including phenoxy) is 2. The Morgan fingerprint density at radius 1 is 0.576 bits per heavy atom. The molecule has 0 aliphatic carbocycles. The van der Waals surface area contributed by atoms with E-state index in [4.69, 9.17) is 28.8 Å². The van der Waals surface area contributed by atoms with Gasteiger partial charge >= 0.3 is 23.9 Å². The number of hydrogen-bond acceptors (Lipinski definition) is 14. The minimum absolute atomic E-state index is 0.0693. The number of likely N-dealkylation sites (tertiary alicyclic amines) is 2.